The lowest BCUT2D eigenvalue weighted by Gasteiger charge is -2.54. The summed E-state index contributed by atoms with van der Waals surface area (Å²) in [4.78, 5) is 40.0. The molecule has 0 heterocycles. The fourth-order valence-electron chi connectivity index (χ4n) is 7.84. The third-order valence-corrected chi connectivity index (χ3v) is 9.48. The van der Waals surface area contributed by atoms with Crippen LogP contribution in [-0.4, -0.2) is 44.5 Å². The monoisotopic (exact) mass is 491 g/mol. The highest BCUT2D eigenvalue weighted by Crippen LogP contribution is 2.67. The summed E-state index contributed by atoms with van der Waals surface area (Å²) in [6, 6.07) is 8.67. The van der Waals surface area contributed by atoms with Crippen LogP contribution >= 0.6 is 0 Å². The summed E-state index contributed by atoms with van der Waals surface area (Å²) in [7, 11) is 5.44. The lowest BCUT2D eigenvalue weighted by atomic mass is 9.51. The Morgan fingerprint density at radius 2 is 1.83 bits per heavy atom. The van der Waals surface area contributed by atoms with Crippen LogP contribution < -0.4 is 4.90 Å². The average Bonchev–Trinajstić information content (AvgIpc) is 3.14. The highest BCUT2D eigenvalue weighted by molar-refractivity contribution is 5.86. The second-order valence-corrected chi connectivity index (χ2v) is 11.4. The second-order valence-electron chi connectivity index (χ2n) is 11.4. The van der Waals surface area contributed by atoms with Crippen LogP contribution in [0, 0.1) is 17.3 Å². The molecule has 192 valence electrons. The number of allylic oxidation sites excluding steroid dienone is 4. The third kappa shape index (κ3) is 3.63. The van der Waals surface area contributed by atoms with Crippen molar-refractivity contribution in [2.24, 2.45) is 17.3 Å². The number of carbonyl (C=O) groups excluding carboxylic acids is 3. The Kier molecular flexibility index (Phi) is 6.12. The van der Waals surface area contributed by atoms with E-state index in [9.17, 15) is 14.4 Å². The van der Waals surface area contributed by atoms with Gasteiger partial charge in [0.15, 0.2) is 0 Å². The summed E-state index contributed by atoms with van der Waals surface area (Å²) in [5.41, 5.74) is 4.49. The smallest absolute Gasteiger partial charge is 0.350 e. The Morgan fingerprint density at radius 3 is 2.47 bits per heavy atom. The van der Waals surface area contributed by atoms with Crippen molar-refractivity contribution in [1.82, 2.24) is 0 Å². The van der Waals surface area contributed by atoms with E-state index in [1.807, 2.05) is 14.1 Å². The Morgan fingerprint density at radius 1 is 1.11 bits per heavy atom. The van der Waals surface area contributed by atoms with Gasteiger partial charge >= 0.3 is 11.9 Å². The van der Waals surface area contributed by atoms with E-state index in [0.717, 1.165) is 24.9 Å². The van der Waals surface area contributed by atoms with Gasteiger partial charge in [0.05, 0.1) is 7.11 Å². The molecule has 0 radical (unpaired) electrons. The number of anilines is 1. The molecule has 0 bridgehead atoms. The Bertz CT molecular complexity index is 1160. The van der Waals surface area contributed by atoms with E-state index in [-0.39, 0.29) is 17.8 Å². The molecular weight excluding hydrogens is 454 g/mol. The van der Waals surface area contributed by atoms with Crippen LogP contribution in [-0.2, 0) is 23.9 Å². The predicted molar refractivity (Wildman–Crippen MR) is 138 cm³/mol. The van der Waals surface area contributed by atoms with Crippen molar-refractivity contribution in [2.75, 3.05) is 26.1 Å². The first kappa shape index (κ1) is 24.8. The molecule has 0 saturated heterocycles. The molecule has 3 saturated carbocycles. The number of ether oxygens (including phenoxy) is 2. The normalized spacial score (nSPS) is 33.2. The van der Waals surface area contributed by atoms with Crippen molar-refractivity contribution >= 4 is 23.4 Å². The van der Waals surface area contributed by atoms with Crippen molar-refractivity contribution in [3.8, 4) is 0 Å². The number of hydrogen-bond acceptors (Lipinski definition) is 6. The van der Waals surface area contributed by atoms with Gasteiger partial charge in [0.25, 0.3) is 0 Å². The molecule has 36 heavy (non-hydrogen) atoms. The molecule has 0 amide bonds. The third-order valence-electron chi connectivity index (χ3n) is 9.48. The highest BCUT2D eigenvalue weighted by atomic mass is 16.6. The minimum Gasteiger partial charge on any atom is -0.466 e. The van der Waals surface area contributed by atoms with Crippen LogP contribution in [0.15, 0.2) is 47.1 Å². The van der Waals surface area contributed by atoms with Gasteiger partial charge < -0.3 is 14.4 Å². The van der Waals surface area contributed by atoms with Gasteiger partial charge in [-0.05, 0) is 72.8 Å². The summed E-state index contributed by atoms with van der Waals surface area (Å²) in [5.74, 6) is -0.0673. The van der Waals surface area contributed by atoms with Crippen LogP contribution in [0.25, 0.3) is 0 Å². The molecule has 3 fully saturated rings. The van der Waals surface area contributed by atoms with Gasteiger partial charge in [-0.25, -0.2) is 4.79 Å². The van der Waals surface area contributed by atoms with Gasteiger partial charge in [0, 0.05) is 50.9 Å². The van der Waals surface area contributed by atoms with E-state index >= 15 is 0 Å². The molecule has 1 aromatic rings. The number of esters is 2. The highest BCUT2D eigenvalue weighted by Gasteiger charge is 2.69. The number of rotatable bonds is 4. The van der Waals surface area contributed by atoms with Gasteiger partial charge in [-0.2, -0.15) is 0 Å². The molecule has 0 spiro atoms. The summed E-state index contributed by atoms with van der Waals surface area (Å²) < 4.78 is 11.2. The van der Waals surface area contributed by atoms with Gasteiger partial charge in [-0.3, -0.25) is 9.59 Å². The van der Waals surface area contributed by atoms with Gasteiger partial charge in [0.2, 0.25) is 5.60 Å². The summed E-state index contributed by atoms with van der Waals surface area (Å²) in [6.45, 7) is 3.51. The van der Waals surface area contributed by atoms with Gasteiger partial charge in [-0.1, -0.05) is 30.7 Å². The van der Waals surface area contributed by atoms with Crippen molar-refractivity contribution in [1.29, 1.82) is 0 Å². The number of Topliss-reactive ketones (excluding diaryl/α,β-unsaturated/α-hetero) is 1. The van der Waals surface area contributed by atoms with Crippen LogP contribution in [0.1, 0.15) is 70.3 Å². The molecular formula is C30H37NO5. The first-order valence-corrected chi connectivity index (χ1v) is 13.1. The largest absolute Gasteiger partial charge is 0.466 e. The van der Waals surface area contributed by atoms with Crippen molar-refractivity contribution in [3.05, 3.63) is 52.6 Å². The van der Waals surface area contributed by atoms with Crippen LogP contribution in [0.5, 0.6) is 0 Å². The topological polar surface area (TPSA) is 72.9 Å². The second kappa shape index (κ2) is 8.89. The van der Waals surface area contributed by atoms with Gasteiger partial charge in [0.1, 0.15) is 5.78 Å². The fraction of sp³-hybridized carbons (Fsp3) is 0.567. The van der Waals surface area contributed by atoms with E-state index in [2.05, 4.69) is 42.2 Å². The average molecular weight is 492 g/mol. The van der Waals surface area contributed by atoms with Crippen molar-refractivity contribution in [3.63, 3.8) is 0 Å². The zero-order chi connectivity index (χ0) is 25.8. The number of ketones is 1. The zero-order valence-electron chi connectivity index (χ0n) is 22.1. The molecule has 0 N–H and O–H groups in total. The minimum atomic E-state index is -1.29. The maximum absolute atomic E-state index is 13.4. The molecule has 4 aliphatic rings. The first-order chi connectivity index (χ1) is 17.1. The maximum Gasteiger partial charge on any atom is 0.350 e. The Hall–Kier alpha value is -2.89. The number of carbonyl (C=O) groups is 3. The standard InChI is InChI=1S/C30H37NO5/c1-18(32)36-30(28(34)35-5)15-14-26-24-12-8-20-16-22(33)11-13-23(20)27(24)25(17-29(26,30)2)19-6-9-21(10-7-19)31(3)4/h6-10,24-26H,11-17H2,1-5H3/t24?,25?,26?,29-,30-/m0/s1. The van der Waals surface area contributed by atoms with Crippen LogP contribution in [0.3, 0.4) is 0 Å². The Balaban J connectivity index is 1.67. The molecule has 0 aliphatic heterocycles. The molecule has 5 rings (SSSR count). The molecule has 4 aliphatic carbocycles. The van der Waals surface area contributed by atoms with E-state index < -0.39 is 23.0 Å². The molecule has 6 heteroatoms. The molecule has 3 unspecified atom stereocenters. The summed E-state index contributed by atoms with van der Waals surface area (Å²) in [5, 5.41) is 0. The molecule has 5 atom stereocenters. The lowest BCUT2D eigenvalue weighted by Crippen LogP contribution is -2.58. The van der Waals surface area contributed by atoms with E-state index in [0.29, 0.717) is 31.5 Å². The number of benzene rings is 1. The minimum absolute atomic E-state index is 0.0806. The summed E-state index contributed by atoms with van der Waals surface area (Å²) in [6.07, 6.45) is 7.00. The van der Waals surface area contributed by atoms with Crippen LogP contribution in [0.2, 0.25) is 0 Å². The van der Waals surface area contributed by atoms with Crippen molar-refractivity contribution < 1.29 is 23.9 Å². The molecule has 1 aromatic carbocycles. The number of methoxy groups -OCH3 is 1. The number of nitrogens with zero attached hydrogens (tertiary/aromatic N) is 1. The number of fused-ring (bicyclic) bond motifs is 4. The molecule has 0 aromatic heterocycles. The molecule has 6 nitrogen and oxygen atoms in total. The SMILES string of the molecule is COC(=O)[C@@]1(OC(C)=O)CCC2C3CC=C4CC(=O)CCC4=C3C(c3ccc(N(C)C)cc3)C[C@@]21C. The summed E-state index contributed by atoms with van der Waals surface area (Å²) >= 11 is 0. The quantitative estimate of drug-likeness (QED) is 0.544. The van der Waals surface area contributed by atoms with Crippen molar-refractivity contribution in [2.45, 2.75) is 70.3 Å². The Labute approximate surface area is 213 Å². The zero-order valence-corrected chi connectivity index (χ0v) is 22.1. The van der Waals surface area contributed by atoms with Crippen LogP contribution in [0.4, 0.5) is 5.69 Å². The lowest BCUT2D eigenvalue weighted by molar-refractivity contribution is -0.198. The van der Waals surface area contributed by atoms with E-state index in [4.69, 9.17) is 9.47 Å². The van der Waals surface area contributed by atoms with E-state index in [1.54, 1.807) is 0 Å². The van der Waals surface area contributed by atoms with E-state index in [1.165, 1.54) is 36.3 Å². The maximum atomic E-state index is 13.4. The number of hydrogen-bond donors (Lipinski definition) is 0. The van der Waals surface area contributed by atoms with Gasteiger partial charge in [-0.15, -0.1) is 0 Å². The fourth-order valence-corrected chi connectivity index (χ4v) is 7.84. The predicted octanol–water partition coefficient (Wildman–Crippen LogP) is 5.13. The first-order valence-electron chi connectivity index (χ1n) is 13.1.